The minimum absolute atomic E-state index is 0.0886. The Labute approximate surface area is 162 Å². The van der Waals surface area contributed by atoms with E-state index in [1.807, 2.05) is 18.2 Å². The van der Waals surface area contributed by atoms with Crippen molar-refractivity contribution in [3.05, 3.63) is 41.2 Å². The van der Waals surface area contributed by atoms with Crippen LogP contribution in [0.2, 0.25) is 5.02 Å². The molecule has 2 N–H and O–H groups in total. The van der Waals surface area contributed by atoms with E-state index in [-0.39, 0.29) is 5.91 Å². The molecular weight excluding hydrogens is 366 g/mol. The van der Waals surface area contributed by atoms with Crippen molar-refractivity contribution < 1.29 is 9.21 Å². The molecule has 1 amide bonds. The van der Waals surface area contributed by atoms with Gasteiger partial charge in [0.2, 0.25) is 5.91 Å². The molecule has 8 heteroatoms. The number of halogens is 1. The zero-order valence-electron chi connectivity index (χ0n) is 14.9. The van der Waals surface area contributed by atoms with E-state index in [0.29, 0.717) is 35.5 Å². The Morgan fingerprint density at radius 2 is 2.33 bits per heavy atom. The summed E-state index contributed by atoms with van der Waals surface area (Å²) >= 11 is 6.02. The van der Waals surface area contributed by atoms with Gasteiger partial charge in [0.25, 0.3) is 6.01 Å². The normalized spacial score (nSPS) is 17.4. The summed E-state index contributed by atoms with van der Waals surface area (Å²) in [7, 11) is 0. The van der Waals surface area contributed by atoms with E-state index in [4.69, 9.17) is 16.0 Å². The maximum atomic E-state index is 12.3. The fraction of sp³-hybridized carbons (Fsp3) is 0.421. The van der Waals surface area contributed by atoms with Crippen molar-refractivity contribution in [2.45, 2.75) is 25.7 Å². The van der Waals surface area contributed by atoms with Gasteiger partial charge < -0.3 is 14.6 Å². The van der Waals surface area contributed by atoms with Crippen molar-refractivity contribution in [2.24, 2.45) is 5.92 Å². The van der Waals surface area contributed by atoms with Crippen molar-refractivity contribution >= 4 is 34.6 Å². The highest BCUT2D eigenvalue weighted by Gasteiger charge is 2.25. The molecule has 4 rings (SSSR count). The van der Waals surface area contributed by atoms with Gasteiger partial charge >= 0.3 is 0 Å². The quantitative estimate of drug-likeness (QED) is 0.678. The Bertz CT molecular complexity index is 908. The van der Waals surface area contributed by atoms with Crippen LogP contribution in [0, 0.1) is 5.92 Å². The lowest BCUT2D eigenvalue weighted by atomic mass is 9.94. The second kappa shape index (κ2) is 8.00. The van der Waals surface area contributed by atoms with Gasteiger partial charge in [-0.3, -0.25) is 9.89 Å². The highest BCUT2D eigenvalue weighted by molar-refractivity contribution is 6.31. The third kappa shape index (κ3) is 4.42. The zero-order chi connectivity index (χ0) is 18.6. The van der Waals surface area contributed by atoms with Crippen LogP contribution in [0.5, 0.6) is 0 Å². The molecular formula is C19H22ClN5O2. The number of aromatic nitrogens is 3. The number of amides is 1. The van der Waals surface area contributed by atoms with Gasteiger partial charge in [-0.25, -0.2) is 0 Å². The van der Waals surface area contributed by atoms with Crippen molar-refractivity contribution in [1.29, 1.82) is 0 Å². The van der Waals surface area contributed by atoms with Crippen LogP contribution in [0.3, 0.4) is 0 Å². The van der Waals surface area contributed by atoms with E-state index in [0.717, 1.165) is 43.6 Å². The molecule has 0 aliphatic carbocycles. The average Bonchev–Trinajstić information content (AvgIpc) is 3.31. The number of H-pyrrole nitrogens is 1. The number of rotatable bonds is 6. The number of piperidine rings is 1. The van der Waals surface area contributed by atoms with Gasteiger partial charge in [-0.2, -0.15) is 10.1 Å². The molecule has 2 aromatic heterocycles. The molecule has 1 fully saturated rings. The van der Waals surface area contributed by atoms with Crippen LogP contribution >= 0.6 is 11.6 Å². The SMILES string of the molecule is O=C(CC1CCCN(c2nc3ccc(Cl)cc3o2)C1)NCCc1ccn[nH]1. The molecule has 1 atom stereocenters. The summed E-state index contributed by atoms with van der Waals surface area (Å²) in [6.45, 7) is 2.27. The third-order valence-electron chi connectivity index (χ3n) is 4.88. The summed E-state index contributed by atoms with van der Waals surface area (Å²) in [5.74, 6) is 0.384. The zero-order valence-corrected chi connectivity index (χ0v) is 15.7. The van der Waals surface area contributed by atoms with E-state index in [1.54, 1.807) is 12.3 Å². The summed E-state index contributed by atoms with van der Waals surface area (Å²) in [5.41, 5.74) is 2.51. The van der Waals surface area contributed by atoms with Gasteiger partial charge in [0, 0.05) is 55.5 Å². The van der Waals surface area contributed by atoms with E-state index >= 15 is 0 Å². The first-order chi connectivity index (χ1) is 13.2. The highest BCUT2D eigenvalue weighted by atomic mass is 35.5. The molecule has 7 nitrogen and oxygen atoms in total. The molecule has 1 aliphatic rings. The molecule has 1 aliphatic heterocycles. The Hall–Kier alpha value is -2.54. The number of aromatic amines is 1. The Morgan fingerprint density at radius 3 is 3.19 bits per heavy atom. The van der Waals surface area contributed by atoms with Gasteiger partial charge in [0.05, 0.1) is 0 Å². The number of nitrogens with zero attached hydrogens (tertiary/aromatic N) is 3. The predicted molar refractivity (Wildman–Crippen MR) is 104 cm³/mol. The summed E-state index contributed by atoms with van der Waals surface area (Å²) in [6, 6.07) is 7.97. The highest BCUT2D eigenvalue weighted by Crippen LogP contribution is 2.28. The molecule has 0 saturated carbocycles. The molecule has 1 unspecified atom stereocenters. The molecule has 1 saturated heterocycles. The van der Waals surface area contributed by atoms with Crippen LogP contribution in [-0.2, 0) is 11.2 Å². The minimum Gasteiger partial charge on any atom is -0.423 e. The van der Waals surface area contributed by atoms with Crippen molar-refractivity contribution in [3.63, 3.8) is 0 Å². The van der Waals surface area contributed by atoms with Gasteiger partial charge in [0.15, 0.2) is 5.58 Å². The van der Waals surface area contributed by atoms with Gasteiger partial charge in [-0.05, 0) is 37.0 Å². The lowest BCUT2D eigenvalue weighted by Crippen LogP contribution is -2.38. The molecule has 1 aromatic carbocycles. The first-order valence-corrected chi connectivity index (χ1v) is 9.61. The number of fused-ring (bicyclic) bond motifs is 1. The number of benzene rings is 1. The third-order valence-corrected chi connectivity index (χ3v) is 5.11. The lowest BCUT2D eigenvalue weighted by molar-refractivity contribution is -0.122. The summed E-state index contributed by atoms with van der Waals surface area (Å²) in [5, 5.41) is 10.4. The maximum Gasteiger partial charge on any atom is 0.298 e. The van der Waals surface area contributed by atoms with E-state index in [1.165, 1.54) is 0 Å². The molecule has 0 bridgehead atoms. The van der Waals surface area contributed by atoms with Gasteiger partial charge in [-0.15, -0.1) is 0 Å². The Kier molecular flexibility index (Phi) is 5.29. The number of anilines is 1. The topological polar surface area (TPSA) is 87.1 Å². The number of hydrogen-bond donors (Lipinski definition) is 2. The number of carbonyl (C=O) groups excluding carboxylic acids is 1. The molecule has 142 valence electrons. The Morgan fingerprint density at radius 1 is 1.41 bits per heavy atom. The number of nitrogens with one attached hydrogen (secondary N) is 2. The van der Waals surface area contributed by atoms with E-state index in [2.05, 4.69) is 25.4 Å². The fourth-order valence-electron chi connectivity index (χ4n) is 3.52. The largest absolute Gasteiger partial charge is 0.423 e. The number of carbonyl (C=O) groups is 1. The smallest absolute Gasteiger partial charge is 0.298 e. The van der Waals surface area contributed by atoms with Crippen LogP contribution in [0.1, 0.15) is 25.0 Å². The lowest BCUT2D eigenvalue weighted by Gasteiger charge is -2.31. The van der Waals surface area contributed by atoms with Gasteiger partial charge in [-0.1, -0.05) is 11.6 Å². The van der Waals surface area contributed by atoms with Crippen LogP contribution in [0.15, 0.2) is 34.9 Å². The van der Waals surface area contributed by atoms with Crippen molar-refractivity contribution in [1.82, 2.24) is 20.5 Å². The predicted octanol–water partition coefficient (Wildman–Crippen LogP) is 3.17. The summed E-state index contributed by atoms with van der Waals surface area (Å²) in [4.78, 5) is 18.9. The first kappa shape index (κ1) is 17.9. The second-order valence-electron chi connectivity index (χ2n) is 6.95. The van der Waals surface area contributed by atoms with Crippen LogP contribution in [0.25, 0.3) is 11.1 Å². The molecule has 0 spiro atoms. The van der Waals surface area contributed by atoms with E-state index in [9.17, 15) is 4.79 Å². The van der Waals surface area contributed by atoms with Crippen LogP contribution < -0.4 is 10.2 Å². The van der Waals surface area contributed by atoms with E-state index < -0.39 is 0 Å². The van der Waals surface area contributed by atoms with Crippen LogP contribution in [0.4, 0.5) is 6.01 Å². The van der Waals surface area contributed by atoms with Crippen molar-refractivity contribution in [3.8, 4) is 0 Å². The standard InChI is InChI=1S/C19H22ClN5O2/c20-14-3-4-16-17(11-14)27-19(23-16)25-9-1-2-13(12-25)10-18(26)21-7-5-15-6-8-22-24-15/h3-4,6,8,11,13H,1-2,5,7,9-10,12H2,(H,21,26)(H,22,24). The molecule has 27 heavy (non-hydrogen) atoms. The second-order valence-corrected chi connectivity index (χ2v) is 7.39. The fourth-order valence-corrected chi connectivity index (χ4v) is 3.68. The summed E-state index contributed by atoms with van der Waals surface area (Å²) in [6.07, 6.45) is 5.05. The minimum atomic E-state index is 0.0886. The summed E-state index contributed by atoms with van der Waals surface area (Å²) < 4.78 is 5.87. The molecule has 3 aromatic rings. The Balaban J connectivity index is 1.31. The molecule has 0 radical (unpaired) electrons. The molecule has 3 heterocycles. The maximum absolute atomic E-state index is 12.3. The monoisotopic (exact) mass is 387 g/mol. The number of oxazole rings is 1. The average molecular weight is 388 g/mol. The first-order valence-electron chi connectivity index (χ1n) is 9.23. The van der Waals surface area contributed by atoms with Gasteiger partial charge in [0.1, 0.15) is 5.52 Å². The van der Waals surface area contributed by atoms with Crippen molar-refractivity contribution in [2.75, 3.05) is 24.5 Å². The number of hydrogen-bond acceptors (Lipinski definition) is 5. The van der Waals surface area contributed by atoms with Crippen LogP contribution in [-0.4, -0.2) is 40.7 Å².